The van der Waals surface area contributed by atoms with Crippen LogP contribution in [0.2, 0.25) is 5.02 Å². The highest BCUT2D eigenvalue weighted by Crippen LogP contribution is 2.31. The zero-order valence-electron chi connectivity index (χ0n) is 13.3. The van der Waals surface area contributed by atoms with Crippen molar-refractivity contribution in [2.45, 2.75) is 12.7 Å². The van der Waals surface area contributed by atoms with Crippen LogP contribution in [0.5, 0.6) is 0 Å². The Morgan fingerprint density at radius 1 is 1.19 bits per heavy atom. The molecule has 1 N–H and O–H groups in total. The highest BCUT2D eigenvalue weighted by atomic mass is 35.5. The Labute approximate surface area is 154 Å². The number of rotatable bonds is 4. The quantitative estimate of drug-likeness (QED) is 0.730. The maximum atomic E-state index is 12.8. The third-order valence-corrected chi connectivity index (χ3v) is 3.89. The number of hydrogen-bond donors (Lipinski definition) is 1. The molecule has 0 aliphatic rings. The van der Waals surface area contributed by atoms with Crippen LogP contribution in [0.1, 0.15) is 5.56 Å². The number of halogens is 4. The van der Waals surface area contributed by atoms with E-state index in [2.05, 4.69) is 10.1 Å². The fraction of sp³-hybridized carbons (Fsp3) is 0.125. The summed E-state index contributed by atoms with van der Waals surface area (Å²) >= 11 is 6.08. The van der Waals surface area contributed by atoms with Crippen molar-refractivity contribution in [3.8, 4) is 17.1 Å². The van der Waals surface area contributed by atoms with Crippen LogP contribution in [0.15, 0.2) is 47.5 Å². The largest absolute Gasteiger partial charge is 0.480 e. The standard InChI is InChI=1S/C16H10ClF3N4O3/c17-12-7-21-6-5-11(12)14-22-23(8-13(25)26)15(27)24(14)10-3-1-9(2-4-10)16(18,19)20/h1-7H,8H2,(H,25,26). The molecule has 0 bridgehead atoms. The van der Waals surface area contributed by atoms with E-state index in [1.54, 1.807) is 0 Å². The van der Waals surface area contributed by atoms with Gasteiger partial charge in [0.1, 0.15) is 6.54 Å². The molecular weight excluding hydrogens is 389 g/mol. The smallest absolute Gasteiger partial charge is 0.416 e. The monoisotopic (exact) mass is 398 g/mol. The van der Waals surface area contributed by atoms with E-state index in [0.717, 1.165) is 28.8 Å². The van der Waals surface area contributed by atoms with E-state index in [0.29, 0.717) is 4.68 Å². The minimum atomic E-state index is -4.53. The van der Waals surface area contributed by atoms with Gasteiger partial charge in [-0.3, -0.25) is 9.78 Å². The van der Waals surface area contributed by atoms with Gasteiger partial charge in [0.05, 0.1) is 16.3 Å². The lowest BCUT2D eigenvalue weighted by atomic mass is 10.2. The van der Waals surface area contributed by atoms with Gasteiger partial charge < -0.3 is 5.11 Å². The second-order valence-electron chi connectivity index (χ2n) is 5.39. The topological polar surface area (TPSA) is 90.0 Å². The average Bonchev–Trinajstić information content (AvgIpc) is 2.90. The van der Waals surface area contributed by atoms with Crippen molar-refractivity contribution in [2.24, 2.45) is 0 Å². The maximum absolute atomic E-state index is 12.8. The molecule has 27 heavy (non-hydrogen) atoms. The van der Waals surface area contributed by atoms with Gasteiger partial charge >= 0.3 is 17.8 Å². The van der Waals surface area contributed by atoms with Crippen LogP contribution < -0.4 is 5.69 Å². The lowest BCUT2D eigenvalue weighted by Crippen LogP contribution is -2.27. The highest BCUT2D eigenvalue weighted by molar-refractivity contribution is 6.33. The average molecular weight is 399 g/mol. The number of hydrogen-bond acceptors (Lipinski definition) is 4. The van der Waals surface area contributed by atoms with Crippen LogP contribution in [0.4, 0.5) is 13.2 Å². The van der Waals surface area contributed by atoms with Crippen molar-refractivity contribution >= 4 is 17.6 Å². The van der Waals surface area contributed by atoms with E-state index in [4.69, 9.17) is 16.7 Å². The summed E-state index contributed by atoms with van der Waals surface area (Å²) in [4.78, 5) is 27.4. The van der Waals surface area contributed by atoms with Crippen LogP contribution in [-0.2, 0) is 17.5 Å². The fourth-order valence-electron chi connectivity index (χ4n) is 2.40. The van der Waals surface area contributed by atoms with Crippen LogP contribution in [0.3, 0.4) is 0 Å². The Morgan fingerprint density at radius 3 is 2.41 bits per heavy atom. The molecule has 0 radical (unpaired) electrons. The number of benzene rings is 1. The van der Waals surface area contributed by atoms with Crippen molar-refractivity contribution in [1.29, 1.82) is 0 Å². The summed E-state index contributed by atoms with van der Waals surface area (Å²) < 4.78 is 40.0. The van der Waals surface area contributed by atoms with Crippen molar-refractivity contribution in [2.75, 3.05) is 0 Å². The first-order valence-corrected chi connectivity index (χ1v) is 7.75. The van der Waals surface area contributed by atoms with Gasteiger partial charge in [-0.25, -0.2) is 14.0 Å². The Hall–Kier alpha value is -3.14. The van der Waals surface area contributed by atoms with Gasteiger partial charge in [-0.1, -0.05) is 11.6 Å². The SMILES string of the molecule is O=C(O)Cn1nc(-c2ccncc2Cl)n(-c2ccc(C(F)(F)F)cc2)c1=O. The molecule has 2 aromatic heterocycles. The van der Waals surface area contributed by atoms with E-state index in [1.165, 1.54) is 18.5 Å². The molecule has 7 nitrogen and oxygen atoms in total. The maximum Gasteiger partial charge on any atom is 0.416 e. The number of aromatic nitrogens is 4. The Bertz CT molecular complexity index is 1060. The number of nitrogens with zero attached hydrogens (tertiary/aromatic N) is 4. The van der Waals surface area contributed by atoms with Gasteiger partial charge in [0.25, 0.3) is 0 Å². The first-order valence-electron chi connectivity index (χ1n) is 7.37. The predicted molar refractivity (Wildman–Crippen MR) is 88.7 cm³/mol. The molecule has 0 spiro atoms. The summed E-state index contributed by atoms with van der Waals surface area (Å²) in [5.74, 6) is -1.32. The summed E-state index contributed by atoms with van der Waals surface area (Å²) in [6.45, 7) is -0.720. The number of carboxylic acid groups (broad SMARTS) is 1. The molecule has 0 unspecified atom stereocenters. The summed E-state index contributed by atoms with van der Waals surface area (Å²) in [6.07, 6.45) is -1.85. The molecule has 0 amide bonds. The molecule has 0 aliphatic heterocycles. The van der Waals surface area contributed by atoms with Gasteiger partial charge in [0.2, 0.25) is 0 Å². The second-order valence-corrected chi connectivity index (χ2v) is 5.80. The number of pyridine rings is 1. The molecule has 3 rings (SSSR count). The van der Waals surface area contributed by atoms with Crippen LogP contribution in [0, 0.1) is 0 Å². The normalized spacial score (nSPS) is 11.6. The lowest BCUT2D eigenvalue weighted by molar-refractivity contribution is -0.138. The summed E-state index contributed by atoms with van der Waals surface area (Å²) in [5.41, 5.74) is -1.37. The third kappa shape index (κ3) is 3.70. The predicted octanol–water partition coefficient (Wildman–Crippen LogP) is 2.85. The highest BCUT2D eigenvalue weighted by Gasteiger charge is 2.30. The van der Waals surface area contributed by atoms with Gasteiger partial charge in [-0.15, -0.1) is 5.10 Å². The third-order valence-electron chi connectivity index (χ3n) is 3.59. The van der Waals surface area contributed by atoms with Crippen molar-refractivity contribution in [3.05, 3.63) is 63.8 Å². The summed E-state index contributed by atoms with van der Waals surface area (Å²) in [7, 11) is 0. The van der Waals surface area contributed by atoms with E-state index in [-0.39, 0.29) is 22.1 Å². The molecule has 1 aromatic carbocycles. The fourth-order valence-corrected chi connectivity index (χ4v) is 2.61. The lowest BCUT2D eigenvalue weighted by Gasteiger charge is -2.09. The first kappa shape index (κ1) is 18.6. The summed E-state index contributed by atoms with van der Waals surface area (Å²) in [5, 5.41) is 13.1. The zero-order valence-corrected chi connectivity index (χ0v) is 14.1. The Balaban J connectivity index is 2.22. The van der Waals surface area contributed by atoms with E-state index in [9.17, 15) is 22.8 Å². The van der Waals surface area contributed by atoms with Crippen molar-refractivity contribution < 1.29 is 23.1 Å². The number of carbonyl (C=O) groups is 1. The molecule has 3 aromatic rings. The Kier molecular flexibility index (Phi) is 4.75. The number of aliphatic carboxylic acids is 1. The minimum Gasteiger partial charge on any atom is -0.480 e. The van der Waals surface area contributed by atoms with Crippen molar-refractivity contribution in [1.82, 2.24) is 19.3 Å². The van der Waals surface area contributed by atoms with E-state index < -0.39 is 29.9 Å². The molecule has 2 heterocycles. The van der Waals surface area contributed by atoms with E-state index >= 15 is 0 Å². The molecular formula is C16H10ClF3N4O3. The van der Waals surface area contributed by atoms with Crippen LogP contribution in [0.25, 0.3) is 17.1 Å². The van der Waals surface area contributed by atoms with Crippen LogP contribution in [-0.4, -0.2) is 30.4 Å². The molecule has 0 fully saturated rings. The second kappa shape index (κ2) is 6.88. The minimum absolute atomic E-state index is 0.0200. The molecule has 140 valence electrons. The Morgan fingerprint density at radius 2 is 1.85 bits per heavy atom. The summed E-state index contributed by atoms with van der Waals surface area (Å²) in [6, 6.07) is 5.27. The van der Waals surface area contributed by atoms with Gasteiger partial charge in [0.15, 0.2) is 5.82 Å². The van der Waals surface area contributed by atoms with Crippen molar-refractivity contribution in [3.63, 3.8) is 0 Å². The molecule has 0 aliphatic carbocycles. The molecule has 0 atom stereocenters. The number of alkyl halides is 3. The van der Waals surface area contributed by atoms with Gasteiger partial charge in [-0.05, 0) is 30.3 Å². The molecule has 0 saturated heterocycles. The van der Waals surface area contributed by atoms with Crippen LogP contribution >= 0.6 is 11.6 Å². The van der Waals surface area contributed by atoms with Gasteiger partial charge in [-0.2, -0.15) is 13.2 Å². The zero-order chi connectivity index (χ0) is 19.8. The number of carboxylic acids is 1. The van der Waals surface area contributed by atoms with Gasteiger partial charge in [0, 0.05) is 18.0 Å². The van der Waals surface area contributed by atoms with E-state index in [1.807, 2.05) is 0 Å². The molecule has 11 heteroatoms. The molecule has 0 saturated carbocycles. The first-order chi connectivity index (χ1) is 12.7.